The van der Waals surface area contributed by atoms with Crippen LogP contribution in [0.5, 0.6) is 0 Å². The van der Waals surface area contributed by atoms with Gasteiger partial charge in [0.25, 0.3) is 5.91 Å². The van der Waals surface area contributed by atoms with E-state index in [0.717, 1.165) is 0 Å². The van der Waals surface area contributed by atoms with Gasteiger partial charge in [0.05, 0.1) is 0 Å². The Bertz CT molecular complexity index is 279. The van der Waals surface area contributed by atoms with Crippen molar-refractivity contribution in [3.63, 3.8) is 0 Å². The highest BCUT2D eigenvalue weighted by atomic mass is 16.6. The Kier molecular flexibility index (Phi) is 5.56. The summed E-state index contributed by atoms with van der Waals surface area (Å²) in [5.74, 6) is -0.364. The molecule has 1 unspecified atom stereocenters. The summed E-state index contributed by atoms with van der Waals surface area (Å²) >= 11 is 0. The van der Waals surface area contributed by atoms with Gasteiger partial charge in [0, 0.05) is 13.5 Å². The fourth-order valence-corrected chi connectivity index (χ4v) is 1.06. The van der Waals surface area contributed by atoms with Gasteiger partial charge in [-0.3, -0.25) is 4.79 Å². The number of hydrogen-bond donors (Lipinski definition) is 2. The Labute approximate surface area is 96.0 Å². The minimum Gasteiger partial charge on any atom is -0.436 e. The van der Waals surface area contributed by atoms with Gasteiger partial charge >= 0.3 is 6.09 Å². The van der Waals surface area contributed by atoms with E-state index < -0.39 is 12.2 Å². The number of carbonyl (C=O) groups is 2. The number of allylic oxidation sites excluding steroid dienone is 1. The maximum atomic E-state index is 11.3. The molecule has 0 fully saturated rings. The lowest BCUT2D eigenvalue weighted by atomic mass is 9.95. The average Bonchev–Trinajstić information content (AvgIpc) is 2.12. The van der Waals surface area contributed by atoms with Crippen molar-refractivity contribution in [1.29, 1.82) is 0 Å². The number of nitrogens with one attached hydrogen (secondary N) is 1. The Hall–Kier alpha value is -1.52. The average molecular weight is 228 g/mol. The number of carbonyl (C=O) groups excluding carboxylic acids is 2. The van der Waals surface area contributed by atoms with Crippen molar-refractivity contribution in [2.24, 2.45) is 11.1 Å². The van der Waals surface area contributed by atoms with Gasteiger partial charge in [-0.05, 0) is 5.41 Å². The van der Waals surface area contributed by atoms with Gasteiger partial charge in [0.2, 0.25) is 0 Å². The molecule has 0 aromatic heterocycles. The van der Waals surface area contributed by atoms with E-state index in [2.05, 4.69) is 5.32 Å². The summed E-state index contributed by atoms with van der Waals surface area (Å²) in [6.07, 6.45) is 2.27. The zero-order valence-corrected chi connectivity index (χ0v) is 10.2. The van der Waals surface area contributed by atoms with E-state index in [4.69, 9.17) is 10.5 Å². The van der Waals surface area contributed by atoms with Crippen molar-refractivity contribution in [3.05, 3.63) is 12.2 Å². The molecule has 0 spiro atoms. The highest BCUT2D eigenvalue weighted by Crippen LogP contribution is 2.15. The van der Waals surface area contributed by atoms with Crippen LogP contribution in [0.1, 0.15) is 27.2 Å². The van der Waals surface area contributed by atoms with Crippen LogP contribution < -0.4 is 11.1 Å². The normalized spacial score (nSPS) is 13.5. The van der Waals surface area contributed by atoms with E-state index >= 15 is 0 Å². The lowest BCUT2D eigenvalue weighted by Crippen LogP contribution is -2.36. The van der Waals surface area contributed by atoms with Crippen molar-refractivity contribution in [2.45, 2.75) is 33.3 Å². The summed E-state index contributed by atoms with van der Waals surface area (Å²) in [5.41, 5.74) is 4.91. The Balaban J connectivity index is 4.38. The van der Waals surface area contributed by atoms with Gasteiger partial charge in [-0.1, -0.05) is 32.9 Å². The minimum absolute atomic E-state index is 0.0277. The summed E-state index contributed by atoms with van der Waals surface area (Å²) in [6, 6.07) is 0. The third-order valence-corrected chi connectivity index (χ3v) is 1.77. The van der Waals surface area contributed by atoms with E-state index in [1.54, 1.807) is 0 Å². The van der Waals surface area contributed by atoms with E-state index in [0.29, 0.717) is 6.42 Å². The molecule has 0 heterocycles. The van der Waals surface area contributed by atoms with Crippen LogP contribution in [0.3, 0.4) is 0 Å². The van der Waals surface area contributed by atoms with Crippen LogP contribution >= 0.6 is 0 Å². The van der Waals surface area contributed by atoms with Gasteiger partial charge in [-0.2, -0.15) is 0 Å². The lowest BCUT2D eigenvalue weighted by Gasteiger charge is -2.15. The Morgan fingerprint density at radius 3 is 2.38 bits per heavy atom. The molecule has 5 heteroatoms. The number of primary amides is 1. The number of likely N-dealkylation sites (N-methyl/N-ethyl adjacent to an activating group) is 1. The van der Waals surface area contributed by atoms with Gasteiger partial charge in [-0.25, -0.2) is 4.79 Å². The number of nitrogens with two attached hydrogens (primary N) is 1. The first-order chi connectivity index (χ1) is 7.26. The molecule has 3 N–H and O–H groups in total. The molecule has 0 aromatic carbocycles. The lowest BCUT2D eigenvalue weighted by molar-refractivity contribution is -0.128. The van der Waals surface area contributed by atoms with Crippen molar-refractivity contribution in [3.8, 4) is 0 Å². The van der Waals surface area contributed by atoms with Crippen LogP contribution in [0.4, 0.5) is 4.79 Å². The number of hydrogen-bond acceptors (Lipinski definition) is 3. The second-order valence-electron chi connectivity index (χ2n) is 4.54. The summed E-state index contributed by atoms with van der Waals surface area (Å²) < 4.78 is 4.69. The summed E-state index contributed by atoms with van der Waals surface area (Å²) in [5, 5.41) is 2.41. The fourth-order valence-electron chi connectivity index (χ4n) is 1.06. The molecule has 5 nitrogen and oxygen atoms in total. The van der Waals surface area contributed by atoms with E-state index in [1.165, 1.54) is 7.05 Å². The molecule has 0 radical (unpaired) electrons. The molecule has 0 aromatic rings. The third kappa shape index (κ3) is 6.86. The Morgan fingerprint density at radius 1 is 1.44 bits per heavy atom. The molecule has 0 aliphatic rings. The van der Waals surface area contributed by atoms with Crippen molar-refractivity contribution in [2.75, 3.05) is 7.05 Å². The number of ether oxygens (including phenoxy) is 1. The number of amides is 2. The standard InChI is InChI=1S/C11H20N2O3/c1-11(2,3)7-5-6-8(9(14)13-4)16-10(12)15/h5,7-8H,6H2,1-4H3,(H2,12,15)(H,13,14). The Morgan fingerprint density at radius 2 is 2.00 bits per heavy atom. The molecule has 0 saturated carbocycles. The van der Waals surface area contributed by atoms with Crippen LogP contribution in [-0.4, -0.2) is 25.2 Å². The second-order valence-corrected chi connectivity index (χ2v) is 4.54. The SMILES string of the molecule is CNC(=O)C(CC=CC(C)(C)C)OC(N)=O. The van der Waals surface area contributed by atoms with Crippen LogP contribution in [0.2, 0.25) is 0 Å². The third-order valence-electron chi connectivity index (χ3n) is 1.77. The second kappa shape index (κ2) is 6.15. The van der Waals surface area contributed by atoms with Crippen LogP contribution in [0.15, 0.2) is 12.2 Å². The smallest absolute Gasteiger partial charge is 0.405 e. The zero-order chi connectivity index (χ0) is 12.8. The molecule has 0 bridgehead atoms. The highest BCUT2D eigenvalue weighted by Gasteiger charge is 2.19. The molecule has 0 saturated heterocycles. The predicted molar refractivity (Wildman–Crippen MR) is 61.7 cm³/mol. The highest BCUT2D eigenvalue weighted by molar-refractivity contribution is 5.83. The number of rotatable bonds is 4. The van der Waals surface area contributed by atoms with Crippen molar-refractivity contribution < 1.29 is 14.3 Å². The van der Waals surface area contributed by atoms with Crippen LogP contribution in [-0.2, 0) is 9.53 Å². The molecular weight excluding hydrogens is 208 g/mol. The quantitative estimate of drug-likeness (QED) is 0.709. The van der Waals surface area contributed by atoms with E-state index in [9.17, 15) is 9.59 Å². The summed E-state index contributed by atoms with van der Waals surface area (Å²) in [6.45, 7) is 6.11. The van der Waals surface area contributed by atoms with E-state index in [-0.39, 0.29) is 11.3 Å². The summed E-state index contributed by atoms with van der Waals surface area (Å²) in [7, 11) is 1.48. The fraction of sp³-hybridized carbons (Fsp3) is 0.636. The zero-order valence-electron chi connectivity index (χ0n) is 10.2. The molecule has 1 atom stereocenters. The molecule has 2 amide bonds. The monoisotopic (exact) mass is 228 g/mol. The van der Waals surface area contributed by atoms with Crippen LogP contribution in [0, 0.1) is 5.41 Å². The topological polar surface area (TPSA) is 81.4 Å². The van der Waals surface area contributed by atoms with E-state index in [1.807, 2.05) is 32.9 Å². The minimum atomic E-state index is -0.947. The van der Waals surface area contributed by atoms with Crippen LogP contribution in [0.25, 0.3) is 0 Å². The van der Waals surface area contributed by atoms with Gasteiger partial charge < -0.3 is 15.8 Å². The predicted octanol–water partition coefficient (Wildman–Crippen LogP) is 1.19. The molecule has 16 heavy (non-hydrogen) atoms. The largest absolute Gasteiger partial charge is 0.436 e. The first-order valence-corrected chi connectivity index (χ1v) is 5.11. The molecule has 0 aliphatic carbocycles. The first kappa shape index (κ1) is 14.5. The van der Waals surface area contributed by atoms with Crippen molar-refractivity contribution >= 4 is 12.0 Å². The maximum absolute atomic E-state index is 11.3. The molecular formula is C11H20N2O3. The van der Waals surface area contributed by atoms with Gasteiger partial charge in [-0.15, -0.1) is 0 Å². The first-order valence-electron chi connectivity index (χ1n) is 5.11. The van der Waals surface area contributed by atoms with Gasteiger partial charge in [0.1, 0.15) is 0 Å². The van der Waals surface area contributed by atoms with Crippen molar-refractivity contribution in [1.82, 2.24) is 5.32 Å². The summed E-state index contributed by atoms with van der Waals surface area (Å²) in [4.78, 5) is 21.9. The molecule has 92 valence electrons. The maximum Gasteiger partial charge on any atom is 0.405 e. The van der Waals surface area contributed by atoms with Gasteiger partial charge in [0.15, 0.2) is 6.10 Å². The molecule has 0 rings (SSSR count). The molecule has 0 aliphatic heterocycles.